The number of hydrogen-bond donors (Lipinski definition) is 0. The summed E-state index contributed by atoms with van der Waals surface area (Å²) in [6.07, 6.45) is 75.1. The molecule has 0 aromatic heterocycles. The van der Waals surface area contributed by atoms with Crippen LogP contribution in [0.5, 0.6) is 0 Å². The number of rotatable bonds is 55. The van der Waals surface area contributed by atoms with Crippen LogP contribution in [-0.4, -0.2) is 30.2 Å². The first-order chi connectivity index (χ1) is 30.1. The highest BCUT2D eigenvalue weighted by Crippen LogP contribution is 2.23. The van der Waals surface area contributed by atoms with Crippen molar-refractivity contribution in [2.75, 3.05) is 19.6 Å². The third kappa shape index (κ3) is 46.3. The van der Waals surface area contributed by atoms with Gasteiger partial charge in [-0.1, -0.05) is 310 Å². The van der Waals surface area contributed by atoms with Gasteiger partial charge in [-0.15, -0.1) is 0 Å². The Bertz CT molecular complexity index is 663. The topological polar surface area (TPSA) is 0 Å². The monoisotopic (exact) mass is 859 g/mol. The average Bonchev–Trinajstić information content (AvgIpc) is 3.26. The van der Waals surface area contributed by atoms with Crippen molar-refractivity contribution < 1.29 is 4.48 Å². The fourth-order valence-corrected chi connectivity index (χ4v) is 10.6. The Labute approximate surface area is 390 Å². The van der Waals surface area contributed by atoms with Crippen molar-refractivity contribution in [3.8, 4) is 0 Å². The summed E-state index contributed by atoms with van der Waals surface area (Å²) in [5.41, 5.74) is 0. The van der Waals surface area contributed by atoms with E-state index in [1.807, 2.05) is 0 Å². The molecular formula is C60H124N+. The zero-order valence-electron chi connectivity index (χ0n) is 44.2. The summed E-state index contributed by atoms with van der Waals surface area (Å²) in [5.74, 6) is 0. The van der Waals surface area contributed by atoms with Crippen molar-refractivity contribution in [3.05, 3.63) is 0 Å². The van der Waals surface area contributed by atoms with Crippen molar-refractivity contribution in [2.45, 2.75) is 368 Å². The highest BCUT2D eigenvalue weighted by molar-refractivity contribution is 4.58. The van der Waals surface area contributed by atoms with Crippen LogP contribution >= 0.6 is 0 Å². The summed E-state index contributed by atoms with van der Waals surface area (Å²) < 4.78 is 1.43. The Morgan fingerprint density at radius 2 is 0.295 bits per heavy atom. The molecule has 1 heteroatoms. The van der Waals surface area contributed by atoms with Crippen LogP contribution in [0.4, 0.5) is 0 Å². The number of unbranched alkanes of at least 4 members (excludes halogenated alkanes) is 48. The first-order valence-corrected chi connectivity index (χ1v) is 30.0. The van der Waals surface area contributed by atoms with Gasteiger partial charge in [-0.3, -0.25) is 0 Å². The van der Waals surface area contributed by atoms with Gasteiger partial charge < -0.3 is 4.48 Å². The molecule has 0 unspecified atom stereocenters. The molecule has 0 spiro atoms. The van der Waals surface area contributed by atoms with Crippen molar-refractivity contribution in [2.24, 2.45) is 0 Å². The summed E-state index contributed by atoms with van der Waals surface area (Å²) in [6.45, 7) is 16.5. The molecule has 0 amide bonds. The minimum Gasteiger partial charge on any atom is -0.322 e. The Morgan fingerprint density at radius 3 is 0.410 bits per heavy atom. The molecule has 0 saturated carbocycles. The van der Waals surface area contributed by atoms with Crippen molar-refractivity contribution in [1.29, 1.82) is 0 Å². The highest BCUT2D eigenvalue weighted by Gasteiger charge is 2.29. The maximum absolute atomic E-state index is 2.58. The van der Waals surface area contributed by atoms with E-state index in [-0.39, 0.29) is 0 Å². The largest absolute Gasteiger partial charge is 0.322 e. The Balaban J connectivity index is 4.31. The third-order valence-electron chi connectivity index (χ3n) is 15.2. The summed E-state index contributed by atoms with van der Waals surface area (Å²) in [4.78, 5) is 0. The van der Waals surface area contributed by atoms with Gasteiger partial charge in [0, 0.05) is 0 Å². The SMILES string of the molecule is CCCCCCCCCCCCCCCCCCC[N+](CCCCCCCCCCCCCCCCCCC)(CCCCCCCCCCCCCCCCCCC)C(C)C. The van der Waals surface area contributed by atoms with E-state index in [1.54, 1.807) is 0 Å². The molecule has 1 nitrogen and oxygen atoms in total. The zero-order chi connectivity index (χ0) is 44.3. The molecule has 0 bridgehead atoms. The van der Waals surface area contributed by atoms with Crippen LogP contribution in [0.1, 0.15) is 362 Å². The van der Waals surface area contributed by atoms with Crippen molar-refractivity contribution in [3.63, 3.8) is 0 Å². The maximum atomic E-state index is 2.58. The predicted octanol–water partition coefficient (Wildman–Crippen LogP) is 22.2. The van der Waals surface area contributed by atoms with Gasteiger partial charge in [-0.25, -0.2) is 0 Å². The molecule has 0 aliphatic carbocycles. The summed E-state index contributed by atoms with van der Waals surface area (Å²) >= 11 is 0. The van der Waals surface area contributed by atoms with Crippen molar-refractivity contribution >= 4 is 0 Å². The number of nitrogens with zero attached hydrogens (tertiary/aromatic N) is 1. The molecule has 0 aliphatic rings. The molecule has 61 heavy (non-hydrogen) atoms. The molecule has 0 fully saturated rings. The van der Waals surface area contributed by atoms with Gasteiger partial charge in [0.05, 0.1) is 25.7 Å². The fourth-order valence-electron chi connectivity index (χ4n) is 10.6. The zero-order valence-corrected chi connectivity index (χ0v) is 44.2. The lowest BCUT2D eigenvalue weighted by Gasteiger charge is -2.43. The second-order valence-electron chi connectivity index (χ2n) is 21.5. The Hall–Kier alpha value is -0.0400. The second-order valence-corrected chi connectivity index (χ2v) is 21.5. The van der Waals surface area contributed by atoms with Crippen LogP contribution < -0.4 is 0 Å². The summed E-state index contributed by atoms with van der Waals surface area (Å²) in [6, 6.07) is 0.781. The molecule has 0 atom stereocenters. The van der Waals surface area contributed by atoms with Crippen LogP contribution in [0.15, 0.2) is 0 Å². The predicted molar refractivity (Wildman–Crippen MR) is 282 cm³/mol. The van der Waals surface area contributed by atoms with Gasteiger partial charge in [0.15, 0.2) is 0 Å². The first kappa shape index (κ1) is 61.0. The van der Waals surface area contributed by atoms with Gasteiger partial charge in [-0.2, -0.15) is 0 Å². The lowest BCUT2D eigenvalue weighted by Crippen LogP contribution is -2.55. The lowest BCUT2D eigenvalue weighted by molar-refractivity contribution is -0.948. The molecule has 0 N–H and O–H groups in total. The minimum atomic E-state index is 0.781. The van der Waals surface area contributed by atoms with Crippen LogP contribution in [0.3, 0.4) is 0 Å². The van der Waals surface area contributed by atoms with E-state index in [9.17, 15) is 0 Å². The second kappa shape index (κ2) is 52.6. The van der Waals surface area contributed by atoms with E-state index in [0.29, 0.717) is 0 Å². The number of hydrogen-bond acceptors (Lipinski definition) is 0. The van der Waals surface area contributed by atoms with Crippen LogP contribution in [0, 0.1) is 0 Å². The van der Waals surface area contributed by atoms with Gasteiger partial charge in [-0.05, 0) is 52.4 Å². The average molecular weight is 860 g/mol. The van der Waals surface area contributed by atoms with E-state index >= 15 is 0 Å². The minimum absolute atomic E-state index is 0.781. The van der Waals surface area contributed by atoms with E-state index in [2.05, 4.69) is 34.6 Å². The Morgan fingerprint density at radius 1 is 0.180 bits per heavy atom. The normalized spacial score (nSPS) is 12.1. The standard InChI is InChI=1S/C60H124N/c1-6-9-12-15-18-21-24-27-30-33-36-39-42-45-48-51-54-57-61(60(4)5,58-55-52-49-46-43-40-37-34-31-28-25-22-19-16-13-10-7-2)59-56-53-50-47-44-41-38-35-32-29-26-23-20-17-14-11-8-3/h60H,6-59H2,1-5H3/q+1. The molecular weight excluding hydrogens is 735 g/mol. The molecule has 368 valence electrons. The van der Waals surface area contributed by atoms with Gasteiger partial charge in [0.25, 0.3) is 0 Å². The molecule has 0 saturated heterocycles. The van der Waals surface area contributed by atoms with Crippen LogP contribution in [-0.2, 0) is 0 Å². The van der Waals surface area contributed by atoms with Crippen LogP contribution in [0.25, 0.3) is 0 Å². The van der Waals surface area contributed by atoms with Crippen LogP contribution in [0.2, 0.25) is 0 Å². The molecule has 0 aromatic rings. The Kier molecular flexibility index (Phi) is 52.5. The molecule has 0 aromatic carbocycles. The molecule has 0 rings (SSSR count). The van der Waals surface area contributed by atoms with Gasteiger partial charge >= 0.3 is 0 Å². The molecule has 0 heterocycles. The summed E-state index contributed by atoms with van der Waals surface area (Å²) in [7, 11) is 0. The third-order valence-corrected chi connectivity index (χ3v) is 15.2. The van der Waals surface area contributed by atoms with Gasteiger partial charge in [0.2, 0.25) is 0 Å². The maximum Gasteiger partial charge on any atom is 0.0833 e. The van der Waals surface area contributed by atoms with Crippen molar-refractivity contribution in [1.82, 2.24) is 0 Å². The molecule has 0 aliphatic heterocycles. The summed E-state index contributed by atoms with van der Waals surface area (Å²) in [5, 5.41) is 0. The van der Waals surface area contributed by atoms with E-state index < -0.39 is 0 Å². The molecule has 0 radical (unpaired) electrons. The van der Waals surface area contributed by atoms with E-state index in [0.717, 1.165) is 6.04 Å². The highest BCUT2D eigenvalue weighted by atomic mass is 15.4. The quantitative estimate of drug-likeness (QED) is 0.0422. The fraction of sp³-hybridized carbons (Fsp3) is 1.00. The first-order valence-electron chi connectivity index (χ1n) is 30.0. The lowest BCUT2D eigenvalue weighted by atomic mass is 10.0. The number of quaternary nitrogens is 1. The van der Waals surface area contributed by atoms with E-state index in [1.165, 1.54) is 352 Å². The van der Waals surface area contributed by atoms with Gasteiger partial charge in [0.1, 0.15) is 0 Å². The van der Waals surface area contributed by atoms with E-state index in [4.69, 9.17) is 0 Å². The smallest absolute Gasteiger partial charge is 0.0833 e.